The number of halogens is 1. The lowest BCUT2D eigenvalue weighted by Gasteiger charge is -1.98. The van der Waals surface area contributed by atoms with Crippen molar-refractivity contribution >= 4 is 27.8 Å². The van der Waals surface area contributed by atoms with E-state index in [0.717, 1.165) is 6.07 Å². The van der Waals surface area contributed by atoms with Gasteiger partial charge in [0.05, 0.1) is 5.39 Å². The van der Waals surface area contributed by atoms with Crippen LogP contribution in [0.5, 0.6) is 0 Å². The smallest absolute Gasteiger partial charge is 0.193 e. The van der Waals surface area contributed by atoms with Gasteiger partial charge in [-0.2, -0.15) is 0 Å². The van der Waals surface area contributed by atoms with E-state index in [9.17, 15) is 13.4 Å². The van der Waals surface area contributed by atoms with E-state index < -0.39 is 16.6 Å². The van der Waals surface area contributed by atoms with Gasteiger partial charge in [-0.1, -0.05) is 0 Å². The highest BCUT2D eigenvalue weighted by Gasteiger charge is 2.04. The second kappa shape index (κ2) is 4.63. The van der Waals surface area contributed by atoms with Crippen LogP contribution in [0.3, 0.4) is 0 Å². The van der Waals surface area contributed by atoms with Crippen molar-refractivity contribution in [3.8, 4) is 0 Å². The Hall–Kier alpha value is -1.75. The van der Waals surface area contributed by atoms with Crippen LogP contribution in [0, 0.1) is 5.82 Å². The molecule has 0 radical (unpaired) electrons. The standard InChI is InChI=1S/C12H9FO3S/c1-17(15)5-4-9-7-11(14)10-6-8(13)2-3-12(10)16-9/h2-7H,1H3/b5-4+. The van der Waals surface area contributed by atoms with E-state index in [-0.39, 0.29) is 10.8 Å². The van der Waals surface area contributed by atoms with Crippen LogP contribution in [0.4, 0.5) is 4.39 Å². The largest absolute Gasteiger partial charge is 0.456 e. The first-order valence-electron chi connectivity index (χ1n) is 4.80. The minimum atomic E-state index is -1.11. The van der Waals surface area contributed by atoms with E-state index in [2.05, 4.69) is 0 Å². The zero-order chi connectivity index (χ0) is 12.4. The Balaban J connectivity index is 2.60. The molecule has 0 fully saturated rings. The monoisotopic (exact) mass is 252 g/mol. The Morgan fingerprint density at radius 1 is 1.35 bits per heavy atom. The van der Waals surface area contributed by atoms with E-state index >= 15 is 0 Å². The lowest BCUT2D eigenvalue weighted by atomic mass is 10.2. The quantitative estimate of drug-likeness (QED) is 0.823. The van der Waals surface area contributed by atoms with Crippen molar-refractivity contribution < 1.29 is 13.0 Å². The first-order chi connectivity index (χ1) is 8.06. The van der Waals surface area contributed by atoms with Crippen LogP contribution in [0.15, 0.2) is 38.9 Å². The van der Waals surface area contributed by atoms with Crippen LogP contribution in [0.25, 0.3) is 17.0 Å². The molecule has 5 heteroatoms. The second-order valence-corrected chi connectivity index (χ2v) is 4.72. The van der Waals surface area contributed by atoms with Crippen molar-refractivity contribution in [1.29, 1.82) is 0 Å². The average Bonchev–Trinajstić information content (AvgIpc) is 2.27. The fourth-order valence-corrected chi connectivity index (χ4v) is 1.72. The zero-order valence-corrected chi connectivity index (χ0v) is 9.79. The summed E-state index contributed by atoms with van der Waals surface area (Å²) >= 11 is 0. The normalized spacial score (nSPS) is 13.3. The summed E-state index contributed by atoms with van der Waals surface area (Å²) in [6.45, 7) is 0. The molecule has 2 aromatic rings. The molecule has 3 nitrogen and oxygen atoms in total. The molecule has 88 valence electrons. The van der Waals surface area contributed by atoms with E-state index in [1.165, 1.54) is 35.9 Å². The first-order valence-corrected chi connectivity index (χ1v) is 6.42. The van der Waals surface area contributed by atoms with Gasteiger partial charge < -0.3 is 4.42 Å². The lowest BCUT2D eigenvalue weighted by Crippen LogP contribution is -2.00. The van der Waals surface area contributed by atoms with Crippen LogP contribution in [-0.2, 0) is 10.8 Å². The Morgan fingerprint density at radius 3 is 2.82 bits per heavy atom. The highest BCUT2D eigenvalue weighted by atomic mass is 32.2. The van der Waals surface area contributed by atoms with Crippen LogP contribution < -0.4 is 5.43 Å². The summed E-state index contributed by atoms with van der Waals surface area (Å²) in [6, 6.07) is 4.99. The molecule has 0 saturated carbocycles. The van der Waals surface area contributed by atoms with Crippen molar-refractivity contribution in [2.24, 2.45) is 0 Å². The number of hydrogen-bond donors (Lipinski definition) is 0. The molecule has 1 unspecified atom stereocenters. The molecule has 0 spiro atoms. The van der Waals surface area contributed by atoms with Gasteiger partial charge in [-0.25, -0.2) is 4.39 Å². The highest BCUT2D eigenvalue weighted by molar-refractivity contribution is 7.87. The third kappa shape index (κ3) is 2.68. The third-order valence-corrected chi connectivity index (χ3v) is 2.65. The number of benzene rings is 1. The highest BCUT2D eigenvalue weighted by Crippen LogP contribution is 2.14. The molecule has 0 aliphatic carbocycles. The predicted octanol–water partition coefficient (Wildman–Crippen LogP) is 2.28. The van der Waals surface area contributed by atoms with E-state index in [4.69, 9.17) is 4.42 Å². The summed E-state index contributed by atoms with van der Waals surface area (Å²) in [4.78, 5) is 11.7. The molecule has 0 saturated heterocycles. The van der Waals surface area contributed by atoms with E-state index in [0.29, 0.717) is 11.3 Å². The van der Waals surface area contributed by atoms with Crippen LogP contribution in [0.1, 0.15) is 5.76 Å². The molecule has 0 N–H and O–H groups in total. The molecule has 2 rings (SSSR count). The van der Waals surface area contributed by atoms with Gasteiger partial charge in [0.1, 0.15) is 17.2 Å². The van der Waals surface area contributed by atoms with Gasteiger partial charge in [0, 0.05) is 28.5 Å². The lowest BCUT2D eigenvalue weighted by molar-refractivity contribution is 0.586. The number of rotatable bonds is 2. The molecule has 1 atom stereocenters. The maximum Gasteiger partial charge on any atom is 0.193 e. The van der Waals surface area contributed by atoms with Gasteiger partial charge in [0.25, 0.3) is 0 Å². The topological polar surface area (TPSA) is 47.3 Å². The van der Waals surface area contributed by atoms with Crippen LogP contribution in [-0.4, -0.2) is 10.5 Å². The Morgan fingerprint density at radius 2 is 2.12 bits per heavy atom. The van der Waals surface area contributed by atoms with Gasteiger partial charge in [-0.05, 0) is 24.3 Å². The van der Waals surface area contributed by atoms with Crippen molar-refractivity contribution in [3.63, 3.8) is 0 Å². The molecule has 0 amide bonds. The van der Waals surface area contributed by atoms with Gasteiger partial charge >= 0.3 is 0 Å². The fourth-order valence-electron chi connectivity index (χ4n) is 1.39. The average molecular weight is 252 g/mol. The number of hydrogen-bond acceptors (Lipinski definition) is 3. The maximum absolute atomic E-state index is 12.9. The molecule has 0 aliphatic heterocycles. The predicted molar refractivity (Wildman–Crippen MR) is 65.5 cm³/mol. The van der Waals surface area contributed by atoms with Gasteiger partial charge in [-0.15, -0.1) is 0 Å². The summed E-state index contributed by atoms with van der Waals surface area (Å²) in [5, 5.41) is 1.60. The third-order valence-electron chi connectivity index (χ3n) is 2.13. The summed E-state index contributed by atoms with van der Waals surface area (Å²) in [5.74, 6) is -0.188. The molecule has 1 aromatic heterocycles. The Kier molecular flexibility index (Phi) is 3.19. The minimum Gasteiger partial charge on any atom is -0.456 e. The van der Waals surface area contributed by atoms with Crippen molar-refractivity contribution in [1.82, 2.24) is 0 Å². The molecule has 0 aliphatic rings. The molecule has 1 heterocycles. The van der Waals surface area contributed by atoms with Crippen molar-refractivity contribution in [2.45, 2.75) is 0 Å². The summed E-state index contributed by atoms with van der Waals surface area (Å²) in [7, 11) is -1.11. The number of fused-ring (bicyclic) bond motifs is 1. The Labute approximate surface area is 99.0 Å². The molecule has 0 bridgehead atoms. The van der Waals surface area contributed by atoms with Crippen LogP contribution >= 0.6 is 0 Å². The first kappa shape index (κ1) is 11.7. The summed E-state index contributed by atoms with van der Waals surface area (Å²) in [6.07, 6.45) is 2.96. The molecular formula is C12H9FO3S. The fraction of sp³-hybridized carbons (Fsp3) is 0.0833. The second-order valence-electron chi connectivity index (χ2n) is 3.45. The SMILES string of the molecule is CS(=O)/C=C/c1cc(=O)c2cc(F)ccc2o1. The Bertz CT molecular complexity index is 673. The molecule has 1 aromatic carbocycles. The van der Waals surface area contributed by atoms with Crippen molar-refractivity contribution in [2.75, 3.05) is 6.26 Å². The van der Waals surface area contributed by atoms with Gasteiger partial charge in [0.2, 0.25) is 0 Å². The van der Waals surface area contributed by atoms with E-state index in [1.807, 2.05) is 0 Å². The van der Waals surface area contributed by atoms with E-state index in [1.54, 1.807) is 0 Å². The summed E-state index contributed by atoms with van der Waals surface area (Å²) < 4.78 is 29.2. The molecule has 17 heavy (non-hydrogen) atoms. The zero-order valence-electron chi connectivity index (χ0n) is 8.98. The van der Waals surface area contributed by atoms with Gasteiger partial charge in [0.15, 0.2) is 5.43 Å². The maximum atomic E-state index is 12.9. The molecular weight excluding hydrogens is 243 g/mol. The van der Waals surface area contributed by atoms with Gasteiger partial charge in [-0.3, -0.25) is 9.00 Å². The summed E-state index contributed by atoms with van der Waals surface area (Å²) in [5.41, 5.74) is -0.0206. The minimum absolute atomic E-state index is 0.194. The van der Waals surface area contributed by atoms with Crippen LogP contribution in [0.2, 0.25) is 0 Å². The van der Waals surface area contributed by atoms with Crippen molar-refractivity contribution in [3.05, 3.63) is 51.5 Å².